The van der Waals surface area contributed by atoms with Gasteiger partial charge in [-0.3, -0.25) is 4.79 Å². The van der Waals surface area contributed by atoms with E-state index in [2.05, 4.69) is 0 Å². The zero-order chi connectivity index (χ0) is 11.8. The van der Waals surface area contributed by atoms with Gasteiger partial charge in [-0.15, -0.1) is 0 Å². The summed E-state index contributed by atoms with van der Waals surface area (Å²) in [7, 11) is 0. The molecule has 0 spiro atoms. The molecule has 86 valence electrons. The van der Waals surface area contributed by atoms with E-state index in [0.29, 0.717) is 0 Å². The number of carboxylic acid groups (broad SMARTS) is 1. The summed E-state index contributed by atoms with van der Waals surface area (Å²) in [6, 6.07) is -1.78. The van der Waals surface area contributed by atoms with E-state index in [1.807, 2.05) is 0 Å². The van der Waals surface area contributed by atoms with Gasteiger partial charge in [-0.2, -0.15) is 13.2 Å². The average molecular weight is 225 g/mol. The van der Waals surface area contributed by atoms with Crippen LogP contribution in [0.4, 0.5) is 13.2 Å². The topological polar surface area (TPSA) is 57.6 Å². The first-order valence-electron chi connectivity index (χ1n) is 4.32. The molecule has 0 aromatic carbocycles. The number of likely N-dealkylation sites (tertiary alicyclic amines) is 1. The molecule has 0 saturated carbocycles. The van der Waals surface area contributed by atoms with Crippen molar-refractivity contribution in [1.82, 2.24) is 4.90 Å². The summed E-state index contributed by atoms with van der Waals surface area (Å²) in [5.41, 5.74) is 0. The van der Waals surface area contributed by atoms with E-state index < -0.39 is 30.0 Å². The van der Waals surface area contributed by atoms with E-state index in [9.17, 15) is 22.8 Å². The van der Waals surface area contributed by atoms with Gasteiger partial charge in [-0.25, -0.2) is 4.79 Å². The van der Waals surface area contributed by atoms with E-state index in [4.69, 9.17) is 5.11 Å². The first-order valence-corrected chi connectivity index (χ1v) is 4.32. The number of halogens is 3. The third kappa shape index (κ3) is 2.21. The maximum absolute atomic E-state index is 12.4. The summed E-state index contributed by atoms with van der Waals surface area (Å²) in [5, 5.41) is 8.67. The predicted molar refractivity (Wildman–Crippen MR) is 43.0 cm³/mol. The molecule has 0 aromatic heterocycles. The van der Waals surface area contributed by atoms with Crippen LogP contribution in [-0.2, 0) is 9.59 Å². The van der Waals surface area contributed by atoms with Crippen LogP contribution in [0.3, 0.4) is 0 Å². The van der Waals surface area contributed by atoms with Gasteiger partial charge in [0.15, 0.2) is 0 Å². The Bertz CT molecular complexity index is 289. The van der Waals surface area contributed by atoms with Crippen LogP contribution in [0.15, 0.2) is 0 Å². The molecule has 0 aromatic rings. The monoisotopic (exact) mass is 225 g/mol. The van der Waals surface area contributed by atoms with Gasteiger partial charge >= 0.3 is 12.1 Å². The quantitative estimate of drug-likeness (QED) is 0.720. The third-order valence-corrected chi connectivity index (χ3v) is 2.48. The average Bonchev–Trinajstić information content (AvgIpc) is 2.45. The molecule has 1 amide bonds. The SMILES string of the molecule is CC(=O)N1CC[C@@H](C(F)(F)F)[C@@H]1C(=O)O. The van der Waals surface area contributed by atoms with Gasteiger partial charge in [-0.1, -0.05) is 0 Å². The second-order valence-corrected chi connectivity index (χ2v) is 3.43. The molecule has 2 atom stereocenters. The van der Waals surface area contributed by atoms with Gasteiger partial charge in [0.25, 0.3) is 0 Å². The molecule has 0 radical (unpaired) electrons. The Balaban J connectivity index is 2.95. The van der Waals surface area contributed by atoms with Gasteiger partial charge in [0, 0.05) is 13.5 Å². The number of aliphatic carboxylic acids is 1. The molecule has 0 bridgehead atoms. The Morgan fingerprint density at radius 3 is 2.27 bits per heavy atom. The Hall–Kier alpha value is -1.27. The van der Waals surface area contributed by atoms with Gasteiger partial charge in [0.1, 0.15) is 6.04 Å². The van der Waals surface area contributed by atoms with E-state index in [-0.39, 0.29) is 13.0 Å². The molecule has 15 heavy (non-hydrogen) atoms. The highest BCUT2D eigenvalue weighted by Gasteiger charge is 2.54. The molecule has 4 nitrogen and oxygen atoms in total. The van der Waals surface area contributed by atoms with Crippen LogP contribution in [0.2, 0.25) is 0 Å². The van der Waals surface area contributed by atoms with Crippen LogP contribution in [0, 0.1) is 5.92 Å². The molecule has 0 aliphatic carbocycles. The zero-order valence-electron chi connectivity index (χ0n) is 7.91. The molecule has 1 heterocycles. The molecule has 0 unspecified atom stereocenters. The van der Waals surface area contributed by atoms with Crippen molar-refractivity contribution in [2.45, 2.75) is 25.6 Å². The number of nitrogens with zero attached hydrogens (tertiary/aromatic N) is 1. The second-order valence-electron chi connectivity index (χ2n) is 3.43. The largest absolute Gasteiger partial charge is 0.480 e. The Morgan fingerprint density at radius 2 is 1.93 bits per heavy atom. The van der Waals surface area contributed by atoms with E-state index >= 15 is 0 Å². The molecule has 7 heteroatoms. The minimum Gasteiger partial charge on any atom is -0.480 e. The predicted octanol–water partition coefficient (Wildman–Crippen LogP) is 0.870. The lowest BCUT2D eigenvalue weighted by Crippen LogP contribution is -2.46. The van der Waals surface area contributed by atoms with Crippen LogP contribution in [0.25, 0.3) is 0 Å². The van der Waals surface area contributed by atoms with Crippen LogP contribution in [-0.4, -0.2) is 40.6 Å². The van der Waals surface area contributed by atoms with E-state index in [1.165, 1.54) is 0 Å². The molecule has 1 fully saturated rings. The van der Waals surface area contributed by atoms with Gasteiger partial charge in [-0.05, 0) is 6.42 Å². The highest BCUT2D eigenvalue weighted by atomic mass is 19.4. The fourth-order valence-electron chi connectivity index (χ4n) is 1.79. The van der Waals surface area contributed by atoms with Crippen molar-refractivity contribution in [2.24, 2.45) is 5.92 Å². The summed E-state index contributed by atoms with van der Waals surface area (Å²) in [4.78, 5) is 22.4. The Labute approximate surface area is 83.7 Å². The van der Waals surface area contributed by atoms with Crippen molar-refractivity contribution in [3.05, 3.63) is 0 Å². The number of amides is 1. The van der Waals surface area contributed by atoms with E-state index in [0.717, 1.165) is 11.8 Å². The smallest absolute Gasteiger partial charge is 0.394 e. The van der Waals surface area contributed by atoms with Crippen LogP contribution >= 0.6 is 0 Å². The van der Waals surface area contributed by atoms with Crippen LogP contribution < -0.4 is 0 Å². The van der Waals surface area contributed by atoms with Crippen LogP contribution in [0.5, 0.6) is 0 Å². The maximum atomic E-state index is 12.4. The summed E-state index contributed by atoms with van der Waals surface area (Å²) >= 11 is 0. The van der Waals surface area contributed by atoms with E-state index in [1.54, 1.807) is 0 Å². The number of carbonyl (C=O) groups excluding carboxylic acids is 1. The van der Waals surface area contributed by atoms with Crippen molar-refractivity contribution in [3.8, 4) is 0 Å². The Morgan fingerprint density at radius 1 is 1.40 bits per heavy atom. The normalized spacial score (nSPS) is 26.8. The number of carboxylic acids is 1. The molecule has 1 saturated heterocycles. The Kier molecular flexibility index (Phi) is 2.92. The van der Waals surface area contributed by atoms with Gasteiger partial charge < -0.3 is 10.0 Å². The molecular formula is C8H10F3NO3. The standard InChI is InChI=1S/C8H10F3NO3/c1-4(13)12-3-2-5(8(9,10)11)6(12)7(14)15/h5-6H,2-3H2,1H3,(H,14,15)/t5-,6-/m1/s1. The van der Waals surface area contributed by atoms with Crippen molar-refractivity contribution in [2.75, 3.05) is 6.54 Å². The summed E-state index contributed by atoms with van der Waals surface area (Å²) < 4.78 is 37.2. The maximum Gasteiger partial charge on any atom is 0.394 e. The number of alkyl halides is 3. The van der Waals surface area contributed by atoms with Gasteiger partial charge in [0.05, 0.1) is 5.92 Å². The number of carbonyl (C=O) groups is 2. The molecule has 1 rings (SSSR count). The number of rotatable bonds is 1. The van der Waals surface area contributed by atoms with Crippen molar-refractivity contribution in [3.63, 3.8) is 0 Å². The summed E-state index contributed by atoms with van der Waals surface area (Å²) in [6.07, 6.45) is -4.92. The summed E-state index contributed by atoms with van der Waals surface area (Å²) in [6.45, 7) is 0.908. The van der Waals surface area contributed by atoms with Gasteiger partial charge in [0.2, 0.25) is 5.91 Å². The molecular weight excluding hydrogens is 215 g/mol. The number of hydrogen-bond acceptors (Lipinski definition) is 2. The molecule has 1 aliphatic heterocycles. The molecule has 1 N–H and O–H groups in total. The summed E-state index contributed by atoms with van der Waals surface area (Å²) in [5.74, 6) is -4.21. The number of hydrogen-bond donors (Lipinski definition) is 1. The lowest BCUT2D eigenvalue weighted by Gasteiger charge is -2.24. The first kappa shape index (κ1) is 11.8. The highest BCUT2D eigenvalue weighted by molar-refractivity contribution is 5.83. The highest BCUT2D eigenvalue weighted by Crippen LogP contribution is 2.38. The van der Waals surface area contributed by atoms with Crippen molar-refractivity contribution in [1.29, 1.82) is 0 Å². The first-order chi connectivity index (χ1) is 6.75. The third-order valence-electron chi connectivity index (χ3n) is 2.48. The fourth-order valence-corrected chi connectivity index (χ4v) is 1.79. The minimum absolute atomic E-state index is 0.156. The molecule has 1 aliphatic rings. The van der Waals surface area contributed by atoms with Crippen molar-refractivity contribution >= 4 is 11.9 Å². The lowest BCUT2D eigenvalue weighted by molar-refractivity contribution is -0.189. The second kappa shape index (κ2) is 3.71. The van der Waals surface area contributed by atoms with Crippen LogP contribution in [0.1, 0.15) is 13.3 Å². The van der Waals surface area contributed by atoms with Crippen molar-refractivity contribution < 1.29 is 27.9 Å². The zero-order valence-corrected chi connectivity index (χ0v) is 7.91. The lowest BCUT2D eigenvalue weighted by atomic mass is 10.00. The minimum atomic E-state index is -4.58. The fraction of sp³-hybridized carbons (Fsp3) is 0.750.